The number of esters is 2. The molecule has 0 bridgehead atoms. The van der Waals surface area contributed by atoms with Crippen LogP contribution in [0.1, 0.15) is 38.8 Å². The summed E-state index contributed by atoms with van der Waals surface area (Å²) in [5.41, 5.74) is 1.42. The Labute approximate surface area is 233 Å². The maximum atomic E-state index is 12.8. The highest BCUT2D eigenvalue weighted by molar-refractivity contribution is 6.35. The second-order valence-corrected chi connectivity index (χ2v) is 10.6. The van der Waals surface area contributed by atoms with Gasteiger partial charge in [0, 0.05) is 22.9 Å². The molecule has 0 aliphatic rings. The van der Waals surface area contributed by atoms with Crippen molar-refractivity contribution in [2.45, 2.75) is 52.6 Å². The predicted octanol–water partition coefficient (Wildman–Crippen LogP) is 4.15. The van der Waals surface area contributed by atoms with Crippen LogP contribution in [0.3, 0.4) is 0 Å². The van der Waals surface area contributed by atoms with Crippen LogP contribution < -0.4 is 10.6 Å². The van der Waals surface area contributed by atoms with Crippen LogP contribution in [-0.2, 0) is 41.5 Å². The van der Waals surface area contributed by atoms with Crippen LogP contribution >= 0.6 is 23.2 Å². The molecule has 0 aromatic heterocycles. The maximum absolute atomic E-state index is 12.8. The van der Waals surface area contributed by atoms with Crippen molar-refractivity contribution >= 4 is 47.0 Å². The first-order valence-corrected chi connectivity index (χ1v) is 13.1. The van der Waals surface area contributed by atoms with Crippen molar-refractivity contribution in [3.63, 3.8) is 0 Å². The molecule has 8 nitrogen and oxygen atoms in total. The van der Waals surface area contributed by atoms with E-state index in [9.17, 15) is 19.2 Å². The van der Waals surface area contributed by atoms with Gasteiger partial charge < -0.3 is 20.1 Å². The summed E-state index contributed by atoms with van der Waals surface area (Å²) >= 11 is 11.9. The van der Waals surface area contributed by atoms with E-state index in [1.165, 1.54) is 0 Å². The Balaban J connectivity index is 2.15. The van der Waals surface area contributed by atoms with Gasteiger partial charge in [0.05, 0.1) is 13.2 Å². The topological polar surface area (TPSA) is 111 Å². The molecule has 38 heavy (non-hydrogen) atoms. The SMILES string of the molecule is CC(C)COC(=O)C(Cc1ccc(Cl)cc1)NC(=O)C(=O)NC(Cc1ccc(Cl)cc1)C(=O)OCC(C)C. The van der Waals surface area contributed by atoms with E-state index in [1.54, 1.807) is 48.5 Å². The highest BCUT2D eigenvalue weighted by Gasteiger charge is 2.30. The van der Waals surface area contributed by atoms with Crippen molar-refractivity contribution in [1.29, 1.82) is 0 Å². The minimum absolute atomic E-state index is 0.0811. The van der Waals surface area contributed by atoms with Crippen LogP contribution in [0.2, 0.25) is 10.0 Å². The van der Waals surface area contributed by atoms with Gasteiger partial charge in [0.15, 0.2) is 0 Å². The van der Waals surface area contributed by atoms with Gasteiger partial charge in [0.25, 0.3) is 0 Å². The van der Waals surface area contributed by atoms with E-state index in [-0.39, 0.29) is 37.9 Å². The lowest BCUT2D eigenvalue weighted by atomic mass is 10.1. The fourth-order valence-corrected chi connectivity index (χ4v) is 3.50. The number of ether oxygens (including phenoxy) is 2. The molecule has 10 heteroatoms. The third-order valence-electron chi connectivity index (χ3n) is 5.21. The van der Waals surface area contributed by atoms with Crippen molar-refractivity contribution in [3.8, 4) is 0 Å². The van der Waals surface area contributed by atoms with Crippen molar-refractivity contribution in [3.05, 3.63) is 69.7 Å². The first-order chi connectivity index (χ1) is 17.9. The summed E-state index contributed by atoms with van der Waals surface area (Å²) in [6.07, 6.45) is 0.162. The molecule has 0 aliphatic carbocycles. The van der Waals surface area contributed by atoms with Gasteiger partial charge in [-0.1, -0.05) is 75.2 Å². The molecular formula is C28H34Cl2N2O6. The predicted molar refractivity (Wildman–Crippen MR) is 146 cm³/mol. The molecule has 2 unspecified atom stereocenters. The van der Waals surface area contributed by atoms with Crippen LogP contribution in [0, 0.1) is 11.8 Å². The number of carbonyl (C=O) groups is 4. The lowest BCUT2D eigenvalue weighted by Crippen LogP contribution is -2.53. The van der Waals surface area contributed by atoms with E-state index in [4.69, 9.17) is 32.7 Å². The van der Waals surface area contributed by atoms with Gasteiger partial charge in [-0.3, -0.25) is 9.59 Å². The summed E-state index contributed by atoms with van der Waals surface area (Å²) in [6, 6.07) is 11.2. The molecule has 0 saturated carbocycles. The van der Waals surface area contributed by atoms with Gasteiger partial charge in [-0.2, -0.15) is 0 Å². The molecule has 2 aromatic rings. The van der Waals surface area contributed by atoms with Crippen LogP contribution in [0.25, 0.3) is 0 Å². The minimum Gasteiger partial charge on any atom is -0.464 e. The molecule has 0 saturated heterocycles. The number of benzene rings is 2. The monoisotopic (exact) mass is 564 g/mol. The second-order valence-electron chi connectivity index (χ2n) is 9.76. The molecule has 2 amide bonds. The van der Waals surface area contributed by atoms with Crippen LogP contribution in [0.15, 0.2) is 48.5 Å². The fraction of sp³-hybridized carbons (Fsp3) is 0.429. The number of amides is 2. The molecule has 0 fully saturated rings. The van der Waals surface area contributed by atoms with E-state index in [0.29, 0.717) is 21.2 Å². The highest BCUT2D eigenvalue weighted by Crippen LogP contribution is 2.13. The van der Waals surface area contributed by atoms with Crippen molar-refractivity contribution in [1.82, 2.24) is 10.6 Å². The summed E-state index contributed by atoms with van der Waals surface area (Å²) in [5.74, 6) is -3.35. The molecule has 206 valence electrons. The minimum atomic E-state index is -1.13. The average molecular weight is 565 g/mol. The van der Waals surface area contributed by atoms with Gasteiger partial charge >= 0.3 is 23.8 Å². The van der Waals surface area contributed by atoms with E-state index in [1.807, 2.05) is 27.7 Å². The van der Waals surface area contributed by atoms with Gasteiger partial charge in [-0.25, -0.2) is 9.59 Å². The fourth-order valence-electron chi connectivity index (χ4n) is 3.25. The zero-order valence-corrected chi connectivity index (χ0v) is 23.5. The van der Waals surface area contributed by atoms with Crippen LogP contribution in [0.5, 0.6) is 0 Å². The first kappa shape index (κ1) is 31.1. The molecule has 0 aliphatic heterocycles. The molecule has 0 radical (unpaired) electrons. The van der Waals surface area contributed by atoms with E-state index in [2.05, 4.69) is 10.6 Å². The number of hydrogen-bond acceptors (Lipinski definition) is 6. The Morgan fingerprint density at radius 3 is 1.24 bits per heavy atom. The Morgan fingerprint density at radius 2 is 0.947 bits per heavy atom. The zero-order chi connectivity index (χ0) is 28.2. The zero-order valence-electron chi connectivity index (χ0n) is 22.0. The Hall–Kier alpha value is -3.10. The molecule has 2 rings (SSSR count). The van der Waals surface area contributed by atoms with Gasteiger partial charge in [0.1, 0.15) is 12.1 Å². The Kier molecular flexibility index (Phi) is 12.6. The van der Waals surface area contributed by atoms with Crippen molar-refractivity contribution < 1.29 is 28.7 Å². The van der Waals surface area contributed by atoms with Crippen molar-refractivity contribution in [2.24, 2.45) is 11.8 Å². The first-order valence-electron chi connectivity index (χ1n) is 12.4. The average Bonchev–Trinajstić information content (AvgIpc) is 2.87. The Morgan fingerprint density at radius 1 is 0.632 bits per heavy atom. The molecule has 0 spiro atoms. The highest BCUT2D eigenvalue weighted by atomic mass is 35.5. The summed E-state index contributed by atoms with van der Waals surface area (Å²) in [6.45, 7) is 7.84. The van der Waals surface area contributed by atoms with E-state index < -0.39 is 35.8 Å². The number of nitrogens with one attached hydrogen (secondary N) is 2. The van der Waals surface area contributed by atoms with Crippen molar-refractivity contribution in [2.75, 3.05) is 13.2 Å². The summed E-state index contributed by atoms with van der Waals surface area (Å²) in [5, 5.41) is 5.92. The number of halogens is 2. The maximum Gasteiger partial charge on any atom is 0.329 e. The molecule has 2 N–H and O–H groups in total. The molecular weight excluding hydrogens is 531 g/mol. The smallest absolute Gasteiger partial charge is 0.329 e. The van der Waals surface area contributed by atoms with Gasteiger partial charge in [-0.05, 0) is 47.2 Å². The lowest BCUT2D eigenvalue weighted by Gasteiger charge is -2.21. The third kappa shape index (κ3) is 11.1. The van der Waals surface area contributed by atoms with Gasteiger partial charge in [-0.15, -0.1) is 0 Å². The number of rotatable bonds is 12. The molecule has 0 heterocycles. The summed E-state index contributed by atoms with van der Waals surface area (Å²) in [7, 11) is 0. The molecule has 2 aromatic carbocycles. The number of hydrogen-bond donors (Lipinski definition) is 2. The largest absolute Gasteiger partial charge is 0.464 e. The quantitative estimate of drug-likeness (QED) is 0.296. The molecule has 2 atom stereocenters. The number of carbonyl (C=O) groups excluding carboxylic acids is 4. The summed E-state index contributed by atoms with van der Waals surface area (Å²) < 4.78 is 10.6. The lowest BCUT2D eigenvalue weighted by molar-refractivity contribution is -0.152. The third-order valence-corrected chi connectivity index (χ3v) is 5.71. The Bertz CT molecular complexity index is 1000. The summed E-state index contributed by atoms with van der Waals surface area (Å²) in [4.78, 5) is 51.2. The van der Waals surface area contributed by atoms with Gasteiger partial charge in [0.2, 0.25) is 0 Å². The van der Waals surface area contributed by atoms with E-state index in [0.717, 1.165) is 0 Å². The normalized spacial score (nSPS) is 12.5. The van der Waals surface area contributed by atoms with Crippen LogP contribution in [-0.4, -0.2) is 49.1 Å². The van der Waals surface area contributed by atoms with E-state index >= 15 is 0 Å². The second kappa shape index (κ2) is 15.3. The van der Waals surface area contributed by atoms with Crippen LogP contribution in [0.4, 0.5) is 0 Å². The standard InChI is InChI=1S/C28H34Cl2N2O6/c1-17(2)15-37-27(35)23(13-19-5-9-21(29)10-6-19)31-25(33)26(34)32-24(28(36)38-16-18(3)4)14-20-7-11-22(30)12-8-20/h5-12,17-18,23-24H,13-16H2,1-4H3,(H,31,33)(H,32,34).